The summed E-state index contributed by atoms with van der Waals surface area (Å²) in [7, 11) is 0. The summed E-state index contributed by atoms with van der Waals surface area (Å²) in [5.41, 5.74) is 1.70. The third-order valence-corrected chi connectivity index (χ3v) is 3.02. The topological polar surface area (TPSA) is 88.8 Å². The molecule has 0 aliphatic carbocycles. The first-order valence-electron chi connectivity index (χ1n) is 5.74. The zero-order chi connectivity index (χ0) is 13.0. The quantitative estimate of drug-likeness (QED) is 0.468. The fourth-order valence-electron chi connectivity index (χ4n) is 2.12. The predicted molar refractivity (Wildman–Crippen MR) is 68.9 cm³/mol. The van der Waals surface area contributed by atoms with Crippen LogP contribution in [0.2, 0.25) is 0 Å². The van der Waals surface area contributed by atoms with Gasteiger partial charge in [0.25, 0.3) is 5.56 Å². The largest absolute Gasteiger partial charge is 0.288 e. The van der Waals surface area contributed by atoms with Crippen LogP contribution >= 0.6 is 0 Å². The number of nitrogens with zero attached hydrogens (tertiary/aromatic N) is 5. The number of H-pyrrole nitrogens is 1. The molecular weight excluding hydrogens is 244 g/mol. The maximum absolute atomic E-state index is 12.4. The lowest BCUT2D eigenvalue weighted by atomic mass is 10.3. The zero-order valence-electron chi connectivity index (χ0n) is 9.95. The van der Waals surface area contributed by atoms with E-state index in [0.29, 0.717) is 28.3 Å². The molecule has 0 aliphatic rings. The van der Waals surface area contributed by atoms with Crippen molar-refractivity contribution in [2.24, 2.45) is 0 Å². The first-order chi connectivity index (χ1) is 9.24. The molecule has 7 heteroatoms. The van der Waals surface area contributed by atoms with Gasteiger partial charge in [-0.2, -0.15) is 10.1 Å². The summed E-state index contributed by atoms with van der Waals surface area (Å²) >= 11 is 0. The number of para-hydroxylation sites is 2. The molecule has 0 unspecified atom stereocenters. The van der Waals surface area contributed by atoms with Crippen molar-refractivity contribution < 1.29 is 0 Å². The molecule has 0 fully saturated rings. The molecule has 0 atom stereocenters. The van der Waals surface area contributed by atoms with Gasteiger partial charge in [0.2, 0.25) is 5.78 Å². The third-order valence-electron chi connectivity index (χ3n) is 3.02. The maximum Gasteiger partial charge on any atom is 0.288 e. The third kappa shape index (κ3) is 1.29. The number of aromatic nitrogens is 6. The molecule has 3 heterocycles. The van der Waals surface area contributed by atoms with Gasteiger partial charge in [-0.3, -0.25) is 4.79 Å². The second kappa shape index (κ2) is 3.35. The van der Waals surface area contributed by atoms with Gasteiger partial charge in [0.15, 0.2) is 11.2 Å². The molecule has 0 saturated heterocycles. The number of nitrogens with one attached hydrogen (secondary N) is 1. The molecule has 0 spiro atoms. The normalized spacial score (nSPS) is 11.6. The van der Waals surface area contributed by atoms with E-state index in [0.717, 1.165) is 0 Å². The Hall–Kier alpha value is -2.83. The van der Waals surface area contributed by atoms with E-state index in [-0.39, 0.29) is 11.1 Å². The fraction of sp³-hybridized carbons (Fsp3) is 0.0833. The van der Waals surface area contributed by atoms with Crippen molar-refractivity contribution in [2.45, 2.75) is 6.92 Å². The Morgan fingerprint density at radius 1 is 1.11 bits per heavy atom. The summed E-state index contributed by atoms with van der Waals surface area (Å²) in [6.45, 7) is 1.73. The highest BCUT2D eigenvalue weighted by molar-refractivity contribution is 5.84. The highest BCUT2D eigenvalue weighted by atomic mass is 16.1. The van der Waals surface area contributed by atoms with Crippen molar-refractivity contribution in [1.82, 2.24) is 29.5 Å². The van der Waals surface area contributed by atoms with Crippen LogP contribution < -0.4 is 5.56 Å². The van der Waals surface area contributed by atoms with Crippen LogP contribution in [0.3, 0.4) is 0 Å². The predicted octanol–water partition coefficient (Wildman–Crippen LogP) is 0.822. The second-order valence-electron chi connectivity index (χ2n) is 4.23. The van der Waals surface area contributed by atoms with Gasteiger partial charge in [-0.25, -0.2) is 19.5 Å². The average molecular weight is 252 g/mol. The zero-order valence-corrected chi connectivity index (χ0v) is 9.95. The highest BCUT2D eigenvalue weighted by Gasteiger charge is 2.12. The van der Waals surface area contributed by atoms with E-state index >= 15 is 0 Å². The van der Waals surface area contributed by atoms with Gasteiger partial charge in [-0.15, -0.1) is 0 Å². The van der Waals surface area contributed by atoms with Crippen molar-refractivity contribution in [1.29, 1.82) is 0 Å². The van der Waals surface area contributed by atoms with Crippen LogP contribution in [-0.2, 0) is 0 Å². The van der Waals surface area contributed by atoms with E-state index in [1.54, 1.807) is 6.92 Å². The van der Waals surface area contributed by atoms with Gasteiger partial charge in [-0.05, 0) is 19.1 Å². The number of hydrogen-bond acceptors (Lipinski definition) is 5. The molecule has 0 radical (unpaired) electrons. The summed E-state index contributed by atoms with van der Waals surface area (Å²) in [4.78, 5) is 25.4. The Bertz CT molecular complexity index is 1000. The first-order valence-corrected chi connectivity index (χ1v) is 5.74. The van der Waals surface area contributed by atoms with Gasteiger partial charge in [0, 0.05) is 0 Å². The Morgan fingerprint density at radius 2 is 1.84 bits per heavy atom. The lowest BCUT2D eigenvalue weighted by molar-refractivity contribution is 0.981. The molecule has 4 rings (SSSR count). The first kappa shape index (κ1) is 10.1. The van der Waals surface area contributed by atoms with Gasteiger partial charge in [0.05, 0.1) is 11.0 Å². The molecule has 92 valence electrons. The Morgan fingerprint density at radius 3 is 2.63 bits per heavy atom. The Balaban J connectivity index is 2.30. The van der Waals surface area contributed by atoms with Crippen LogP contribution in [0, 0.1) is 6.92 Å². The summed E-state index contributed by atoms with van der Waals surface area (Å²) in [6.07, 6.45) is 0. The van der Waals surface area contributed by atoms with Crippen molar-refractivity contribution in [2.75, 3.05) is 0 Å². The van der Waals surface area contributed by atoms with Crippen LogP contribution in [0.1, 0.15) is 5.82 Å². The molecule has 0 aliphatic heterocycles. The Labute approximate surface area is 106 Å². The molecule has 0 saturated carbocycles. The second-order valence-corrected chi connectivity index (χ2v) is 4.23. The highest BCUT2D eigenvalue weighted by Crippen LogP contribution is 2.12. The monoisotopic (exact) mass is 252 g/mol. The summed E-state index contributed by atoms with van der Waals surface area (Å²) in [5, 5.41) is 6.67. The molecule has 1 aromatic carbocycles. The SMILES string of the molecule is Cc1n[nH]c2nc3nc4ccccc4nc3c(=O)n12. The van der Waals surface area contributed by atoms with Crippen molar-refractivity contribution in [3.05, 3.63) is 40.4 Å². The molecule has 7 nitrogen and oxygen atoms in total. The number of hydrogen-bond donors (Lipinski definition) is 1. The minimum atomic E-state index is -0.260. The minimum absolute atomic E-state index is 0.251. The molecule has 0 bridgehead atoms. The van der Waals surface area contributed by atoms with Crippen LogP contribution in [0.25, 0.3) is 28.0 Å². The molecule has 1 N–H and O–H groups in total. The summed E-state index contributed by atoms with van der Waals surface area (Å²) in [5.74, 6) is 0.920. The number of aryl methyl sites for hydroxylation is 1. The summed E-state index contributed by atoms with van der Waals surface area (Å²) in [6, 6.07) is 7.38. The average Bonchev–Trinajstić information content (AvgIpc) is 2.79. The van der Waals surface area contributed by atoms with E-state index in [9.17, 15) is 4.79 Å². The van der Waals surface area contributed by atoms with E-state index in [4.69, 9.17) is 0 Å². The number of benzene rings is 1. The van der Waals surface area contributed by atoms with E-state index in [2.05, 4.69) is 25.1 Å². The molecule has 19 heavy (non-hydrogen) atoms. The van der Waals surface area contributed by atoms with Crippen LogP contribution in [0.5, 0.6) is 0 Å². The van der Waals surface area contributed by atoms with Crippen molar-refractivity contribution in [3.8, 4) is 0 Å². The van der Waals surface area contributed by atoms with Crippen LogP contribution in [0.15, 0.2) is 29.1 Å². The molecule has 0 amide bonds. The van der Waals surface area contributed by atoms with Gasteiger partial charge < -0.3 is 0 Å². The lowest BCUT2D eigenvalue weighted by Crippen LogP contribution is -2.17. The molecule has 4 aromatic rings. The minimum Gasteiger partial charge on any atom is -0.266 e. The lowest BCUT2D eigenvalue weighted by Gasteiger charge is -2.00. The number of aromatic amines is 1. The van der Waals surface area contributed by atoms with Gasteiger partial charge in [-0.1, -0.05) is 12.1 Å². The van der Waals surface area contributed by atoms with Gasteiger partial charge >= 0.3 is 0 Å². The van der Waals surface area contributed by atoms with Crippen LogP contribution in [-0.4, -0.2) is 29.5 Å². The van der Waals surface area contributed by atoms with E-state index in [1.165, 1.54) is 4.40 Å². The molecule has 3 aromatic heterocycles. The number of fused-ring (bicyclic) bond motifs is 3. The Kier molecular flexibility index (Phi) is 1.78. The summed E-state index contributed by atoms with van der Waals surface area (Å²) < 4.78 is 1.39. The smallest absolute Gasteiger partial charge is 0.266 e. The van der Waals surface area contributed by atoms with Gasteiger partial charge in [0.1, 0.15) is 5.82 Å². The van der Waals surface area contributed by atoms with Crippen molar-refractivity contribution in [3.63, 3.8) is 0 Å². The van der Waals surface area contributed by atoms with E-state index < -0.39 is 0 Å². The fourth-order valence-corrected chi connectivity index (χ4v) is 2.12. The standard InChI is InChI=1S/C12H8N6O/c1-6-16-17-12-15-10-9(11(19)18(6)12)13-7-4-2-3-5-8(7)14-10/h2-5H,1H3,(H,14,15,17). The van der Waals surface area contributed by atoms with Crippen molar-refractivity contribution >= 4 is 28.0 Å². The molecular formula is C12H8N6O. The van der Waals surface area contributed by atoms with Crippen LogP contribution in [0.4, 0.5) is 0 Å². The number of rotatable bonds is 0. The van der Waals surface area contributed by atoms with E-state index in [1.807, 2.05) is 24.3 Å². The maximum atomic E-state index is 12.4.